The average molecular weight is 237 g/mol. The van der Waals surface area contributed by atoms with Crippen molar-refractivity contribution in [1.29, 1.82) is 0 Å². The van der Waals surface area contributed by atoms with E-state index in [2.05, 4.69) is 42.0 Å². The van der Waals surface area contributed by atoms with Gasteiger partial charge in [-0.3, -0.25) is 4.90 Å². The van der Waals surface area contributed by atoms with Gasteiger partial charge in [-0.25, -0.2) is 4.98 Å². The molecule has 0 aliphatic rings. The van der Waals surface area contributed by atoms with Gasteiger partial charge in [0.05, 0.1) is 6.61 Å². The molecule has 0 radical (unpaired) electrons. The highest BCUT2D eigenvalue weighted by Gasteiger charge is 2.09. The fourth-order valence-electron chi connectivity index (χ4n) is 1.69. The lowest BCUT2D eigenvalue weighted by Gasteiger charge is -2.25. The van der Waals surface area contributed by atoms with Crippen molar-refractivity contribution in [2.45, 2.75) is 33.4 Å². The summed E-state index contributed by atoms with van der Waals surface area (Å²) in [5.41, 5.74) is 1.17. The fraction of sp³-hybridized carbons (Fsp3) is 0.615. The number of pyridine rings is 1. The van der Waals surface area contributed by atoms with E-state index in [1.165, 1.54) is 5.56 Å². The number of aliphatic hydroxyl groups excluding tert-OH is 1. The van der Waals surface area contributed by atoms with Crippen molar-refractivity contribution in [3.8, 4) is 0 Å². The van der Waals surface area contributed by atoms with Gasteiger partial charge in [0.2, 0.25) is 0 Å². The van der Waals surface area contributed by atoms with Crippen LogP contribution in [0.1, 0.15) is 26.3 Å². The summed E-state index contributed by atoms with van der Waals surface area (Å²) in [7, 11) is 0. The number of aliphatic hydroxyl groups is 1. The quantitative estimate of drug-likeness (QED) is 0.758. The predicted octanol–water partition coefficient (Wildman–Crippen LogP) is 1.72. The van der Waals surface area contributed by atoms with Crippen molar-refractivity contribution in [3.63, 3.8) is 0 Å². The van der Waals surface area contributed by atoms with Crippen molar-refractivity contribution in [2.75, 3.05) is 25.0 Å². The van der Waals surface area contributed by atoms with Gasteiger partial charge in [-0.2, -0.15) is 0 Å². The number of anilines is 1. The number of aromatic nitrogens is 1. The molecule has 1 aromatic heterocycles. The Hall–Kier alpha value is -1.13. The van der Waals surface area contributed by atoms with Gasteiger partial charge in [0.1, 0.15) is 5.82 Å². The van der Waals surface area contributed by atoms with Gasteiger partial charge in [-0.15, -0.1) is 0 Å². The molecule has 0 aliphatic carbocycles. The van der Waals surface area contributed by atoms with Crippen LogP contribution in [-0.4, -0.2) is 40.7 Å². The topological polar surface area (TPSA) is 48.4 Å². The molecular weight excluding hydrogens is 214 g/mol. The highest BCUT2D eigenvalue weighted by molar-refractivity contribution is 5.35. The molecule has 1 heterocycles. The van der Waals surface area contributed by atoms with Crippen molar-refractivity contribution in [3.05, 3.63) is 23.9 Å². The molecule has 17 heavy (non-hydrogen) atoms. The molecule has 0 atom stereocenters. The normalized spacial score (nSPS) is 11.2. The largest absolute Gasteiger partial charge is 0.395 e. The minimum absolute atomic E-state index is 0.196. The van der Waals surface area contributed by atoms with Gasteiger partial charge in [0.15, 0.2) is 0 Å². The zero-order chi connectivity index (χ0) is 12.7. The SMILES string of the molecule is CCNc1ccc(CN(CCO)C(C)C)cn1. The molecule has 0 bridgehead atoms. The van der Waals surface area contributed by atoms with Crippen LogP contribution in [0.4, 0.5) is 5.82 Å². The monoisotopic (exact) mass is 237 g/mol. The van der Waals surface area contributed by atoms with E-state index in [0.29, 0.717) is 12.6 Å². The van der Waals surface area contributed by atoms with E-state index in [4.69, 9.17) is 5.11 Å². The molecule has 0 aliphatic heterocycles. The molecule has 0 aromatic carbocycles. The molecule has 0 saturated carbocycles. The fourth-order valence-corrected chi connectivity index (χ4v) is 1.69. The molecule has 4 heteroatoms. The molecule has 1 rings (SSSR count). The summed E-state index contributed by atoms with van der Waals surface area (Å²) in [4.78, 5) is 6.57. The van der Waals surface area contributed by atoms with E-state index in [0.717, 1.165) is 18.9 Å². The molecule has 0 spiro atoms. The van der Waals surface area contributed by atoms with Crippen LogP contribution in [0.5, 0.6) is 0 Å². The highest BCUT2D eigenvalue weighted by Crippen LogP contribution is 2.09. The summed E-state index contributed by atoms with van der Waals surface area (Å²) in [6.07, 6.45) is 1.89. The lowest BCUT2D eigenvalue weighted by molar-refractivity contribution is 0.159. The number of rotatable bonds is 7. The van der Waals surface area contributed by atoms with Crippen LogP contribution in [0.15, 0.2) is 18.3 Å². The molecule has 2 N–H and O–H groups in total. The minimum Gasteiger partial charge on any atom is -0.395 e. The Bertz CT molecular complexity index is 311. The second-order valence-electron chi connectivity index (χ2n) is 4.37. The maximum atomic E-state index is 9.01. The third-order valence-corrected chi connectivity index (χ3v) is 2.69. The lowest BCUT2D eigenvalue weighted by atomic mass is 10.2. The number of nitrogens with zero attached hydrogens (tertiary/aromatic N) is 2. The second kappa shape index (κ2) is 7.25. The van der Waals surface area contributed by atoms with Gasteiger partial charge in [0, 0.05) is 31.9 Å². The van der Waals surface area contributed by atoms with E-state index in [1.54, 1.807) is 0 Å². The maximum Gasteiger partial charge on any atom is 0.125 e. The first-order valence-electron chi connectivity index (χ1n) is 6.21. The number of hydrogen-bond donors (Lipinski definition) is 2. The molecule has 0 unspecified atom stereocenters. The van der Waals surface area contributed by atoms with Crippen LogP contribution in [-0.2, 0) is 6.54 Å². The van der Waals surface area contributed by atoms with Crippen LogP contribution in [0.2, 0.25) is 0 Å². The summed E-state index contributed by atoms with van der Waals surface area (Å²) in [5, 5.41) is 12.2. The van der Waals surface area contributed by atoms with Crippen LogP contribution < -0.4 is 5.32 Å². The summed E-state index contributed by atoms with van der Waals surface area (Å²) >= 11 is 0. The number of hydrogen-bond acceptors (Lipinski definition) is 4. The van der Waals surface area contributed by atoms with Gasteiger partial charge < -0.3 is 10.4 Å². The zero-order valence-electron chi connectivity index (χ0n) is 11.0. The Morgan fingerprint density at radius 2 is 2.18 bits per heavy atom. The van der Waals surface area contributed by atoms with Gasteiger partial charge in [-0.05, 0) is 32.4 Å². The Labute approximate surface area is 104 Å². The van der Waals surface area contributed by atoms with Crippen LogP contribution >= 0.6 is 0 Å². The van der Waals surface area contributed by atoms with E-state index < -0.39 is 0 Å². The molecule has 0 amide bonds. The van der Waals surface area contributed by atoms with E-state index in [1.807, 2.05) is 12.3 Å². The Balaban J connectivity index is 2.60. The summed E-state index contributed by atoms with van der Waals surface area (Å²) < 4.78 is 0. The van der Waals surface area contributed by atoms with Crippen molar-refractivity contribution in [2.24, 2.45) is 0 Å². The first-order valence-corrected chi connectivity index (χ1v) is 6.21. The van der Waals surface area contributed by atoms with E-state index in [9.17, 15) is 0 Å². The van der Waals surface area contributed by atoms with Crippen LogP contribution in [0.25, 0.3) is 0 Å². The first kappa shape index (κ1) is 13.9. The Morgan fingerprint density at radius 3 is 2.65 bits per heavy atom. The molecule has 96 valence electrons. The summed E-state index contributed by atoms with van der Waals surface area (Å²) in [5.74, 6) is 0.912. The predicted molar refractivity (Wildman–Crippen MR) is 71.0 cm³/mol. The smallest absolute Gasteiger partial charge is 0.125 e. The van der Waals surface area contributed by atoms with Gasteiger partial charge >= 0.3 is 0 Å². The number of nitrogens with one attached hydrogen (secondary N) is 1. The molecular formula is C13H23N3O. The standard InChI is InChI=1S/C13H23N3O/c1-4-14-13-6-5-12(9-15-13)10-16(7-8-17)11(2)3/h5-6,9,11,17H,4,7-8,10H2,1-3H3,(H,14,15). The van der Waals surface area contributed by atoms with E-state index >= 15 is 0 Å². The Kier molecular flexibility index (Phi) is 5.94. The Morgan fingerprint density at radius 1 is 1.41 bits per heavy atom. The average Bonchev–Trinajstić information content (AvgIpc) is 2.31. The first-order chi connectivity index (χ1) is 8.17. The minimum atomic E-state index is 0.196. The molecule has 0 saturated heterocycles. The van der Waals surface area contributed by atoms with Crippen molar-refractivity contribution in [1.82, 2.24) is 9.88 Å². The molecule has 4 nitrogen and oxygen atoms in total. The molecule has 0 fully saturated rings. The molecule has 1 aromatic rings. The second-order valence-corrected chi connectivity index (χ2v) is 4.37. The maximum absolute atomic E-state index is 9.01. The third kappa shape index (κ3) is 4.71. The highest BCUT2D eigenvalue weighted by atomic mass is 16.3. The van der Waals surface area contributed by atoms with Gasteiger partial charge in [0.25, 0.3) is 0 Å². The van der Waals surface area contributed by atoms with Crippen LogP contribution in [0, 0.1) is 0 Å². The zero-order valence-corrected chi connectivity index (χ0v) is 11.0. The van der Waals surface area contributed by atoms with Gasteiger partial charge in [-0.1, -0.05) is 6.07 Å². The van der Waals surface area contributed by atoms with E-state index in [-0.39, 0.29) is 6.61 Å². The van der Waals surface area contributed by atoms with Crippen molar-refractivity contribution >= 4 is 5.82 Å². The van der Waals surface area contributed by atoms with Crippen molar-refractivity contribution < 1.29 is 5.11 Å². The summed E-state index contributed by atoms with van der Waals surface area (Å²) in [6, 6.07) is 4.50. The third-order valence-electron chi connectivity index (χ3n) is 2.69. The summed E-state index contributed by atoms with van der Waals surface area (Å²) in [6.45, 7) is 8.93. The van der Waals surface area contributed by atoms with Crippen LogP contribution in [0.3, 0.4) is 0 Å². The lowest BCUT2D eigenvalue weighted by Crippen LogP contribution is -2.32.